The summed E-state index contributed by atoms with van der Waals surface area (Å²) >= 11 is 1.53. The standard InChI is InChI=1S/C20H20N4O3S/c21-17-5-1-2-6-18(17)24(22)19(25)15-9-7-14(8-10-15)12-23-20(26)27-13-16-4-3-11-28-16/h1-11H,12-13,21-22H2,(H,23,26). The number of rotatable bonds is 6. The lowest BCUT2D eigenvalue weighted by atomic mass is 10.1. The maximum Gasteiger partial charge on any atom is 0.407 e. The highest BCUT2D eigenvalue weighted by Gasteiger charge is 2.16. The molecule has 3 rings (SSSR count). The first-order valence-electron chi connectivity index (χ1n) is 8.50. The predicted molar refractivity (Wildman–Crippen MR) is 110 cm³/mol. The van der Waals surface area contributed by atoms with E-state index in [0.29, 0.717) is 16.9 Å². The predicted octanol–water partition coefficient (Wildman–Crippen LogP) is 3.28. The molecule has 0 aliphatic rings. The fourth-order valence-electron chi connectivity index (χ4n) is 2.48. The van der Waals surface area contributed by atoms with Gasteiger partial charge in [0.25, 0.3) is 5.91 Å². The van der Waals surface area contributed by atoms with E-state index in [2.05, 4.69) is 5.32 Å². The third kappa shape index (κ3) is 4.87. The second-order valence-corrected chi connectivity index (χ2v) is 6.97. The molecule has 0 unspecified atom stereocenters. The molecule has 0 atom stereocenters. The van der Waals surface area contributed by atoms with Crippen LogP contribution in [0, 0.1) is 0 Å². The first-order chi connectivity index (χ1) is 13.5. The van der Waals surface area contributed by atoms with Gasteiger partial charge in [0.2, 0.25) is 0 Å². The molecule has 0 saturated heterocycles. The first kappa shape index (κ1) is 19.4. The van der Waals surface area contributed by atoms with E-state index in [9.17, 15) is 9.59 Å². The Morgan fingerprint density at radius 3 is 2.46 bits per heavy atom. The van der Waals surface area contributed by atoms with Crippen molar-refractivity contribution in [2.45, 2.75) is 13.2 Å². The van der Waals surface area contributed by atoms with Crippen LogP contribution in [0.2, 0.25) is 0 Å². The lowest BCUT2D eigenvalue weighted by Crippen LogP contribution is -2.38. The summed E-state index contributed by atoms with van der Waals surface area (Å²) in [6.07, 6.45) is -0.499. The van der Waals surface area contributed by atoms with Gasteiger partial charge in [-0.1, -0.05) is 30.3 Å². The lowest BCUT2D eigenvalue weighted by Gasteiger charge is -2.18. The van der Waals surface area contributed by atoms with Crippen LogP contribution in [-0.4, -0.2) is 12.0 Å². The Labute approximate surface area is 166 Å². The second kappa shape index (κ2) is 9.03. The van der Waals surface area contributed by atoms with Crippen molar-refractivity contribution in [1.82, 2.24) is 5.32 Å². The highest BCUT2D eigenvalue weighted by molar-refractivity contribution is 7.09. The number of para-hydroxylation sites is 2. The van der Waals surface area contributed by atoms with Crippen molar-refractivity contribution >= 4 is 34.7 Å². The number of nitrogens with one attached hydrogen (secondary N) is 1. The van der Waals surface area contributed by atoms with Crippen LogP contribution in [0.5, 0.6) is 0 Å². The molecule has 0 bridgehead atoms. The summed E-state index contributed by atoms with van der Waals surface area (Å²) < 4.78 is 5.13. The summed E-state index contributed by atoms with van der Waals surface area (Å²) in [5.41, 5.74) is 7.95. The molecule has 144 valence electrons. The Morgan fingerprint density at radius 1 is 1.04 bits per heavy atom. The third-order valence-corrected chi connectivity index (χ3v) is 4.83. The van der Waals surface area contributed by atoms with Gasteiger partial charge in [0, 0.05) is 17.0 Å². The molecular weight excluding hydrogens is 376 g/mol. The Kier molecular flexibility index (Phi) is 6.25. The largest absolute Gasteiger partial charge is 0.444 e. The van der Waals surface area contributed by atoms with Crippen LogP contribution in [0.15, 0.2) is 66.0 Å². The molecule has 0 radical (unpaired) electrons. The summed E-state index contributed by atoms with van der Waals surface area (Å²) in [5.74, 6) is 5.53. The van der Waals surface area contributed by atoms with E-state index in [1.165, 1.54) is 11.3 Å². The minimum Gasteiger partial charge on any atom is -0.444 e. The molecule has 28 heavy (non-hydrogen) atoms. The van der Waals surface area contributed by atoms with Crippen molar-refractivity contribution in [3.63, 3.8) is 0 Å². The molecule has 2 amide bonds. The monoisotopic (exact) mass is 396 g/mol. The lowest BCUT2D eigenvalue weighted by molar-refractivity contribution is 0.0986. The molecule has 1 heterocycles. The van der Waals surface area contributed by atoms with Crippen LogP contribution in [0.25, 0.3) is 0 Å². The number of thiophene rings is 1. The quantitative estimate of drug-likeness (QED) is 0.256. The summed E-state index contributed by atoms with van der Waals surface area (Å²) in [6.45, 7) is 0.529. The topological polar surface area (TPSA) is 111 Å². The fraction of sp³-hybridized carbons (Fsp3) is 0.100. The van der Waals surface area contributed by atoms with E-state index in [-0.39, 0.29) is 19.1 Å². The van der Waals surface area contributed by atoms with Crippen molar-refractivity contribution in [2.24, 2.45) is 5.84 Å². The third-order valence-electron chi connectivity index (χ3n) is 3.98. The molecular formula is C20H20N4O3S. The minimum atomic E-state index is -0.499. The van der Waals surface area contributed by atoms with Gasteiger partial charge in [0.1, 0.15) is 6.61 Å². The Hall–Kier alpha value is -3.36. The van der Waals surface area contributed by atoms with Crippen molar-refractivity contribution in [3.8, 4) is 0 Å². The van der Waals surface area contributed by atoms with Crippen molar-refractivity contribution in [2.75, 3.05) is 10.7 Å². The number of ether oxygens (including phenoxy) is 1. The minimum absolute atomic E-state index is 0.242. The number of alkyl carbamates (subject to hydrolysis) is 1. The number of carbonyl (C=O) groups is 2. The first-order valence-corrected chi connectivity index (χ1v) is 9.38. The zero-order valence-electron chi connectivity index (χ0n) is 15.0. The average Bonchev–Trinajstić information content (AvgIpc) is 3.24. The Morgan fingerprint density at radius 2 is 1.79 bits per heavy atom. The van der Waals surface area contributed by atoms with Gasteiger partial charge in [-0.25, -0.2) is 15.6 Å². The number of hydrogen-bond acceptors (Lipinski definition) is 6. The second-order valence-electron chi connectivity index (χ2n) is 5.94. The maximum atomic E-state index is 12.5. The van der Waals surface area contributed by atoms with Crippen molar-refractivity contribution < 1.29 is 14.3 Å². The summed E-state index contributed by atoms with van der Waals surface area (Å²) in [4.78, 5) is 25.3. The van der Waals surface area contributed by atoms with Gasteiger partial charge in [-0.05, 0) is 41.3 Å². The summed E-state index contributed by atoms with van der Waals surface area (Å²) in [5, 5.41) is 5.62. The van der Waals surface area contributed by atoms with Crippen LogP contribution in [-0.2, 0) is 17.9 Å². The molecule has 1 aromatic heterocycles. The number of amides is 2. The molecule has 0 aliphatic heterocycles. The van der Waals surface area contributed by atoms with Crippen LogP contribution in [0.1, 0.15) is 20.8 Å². The number of carbonyl (C=O) groups excluding carboxylic acids is 2. The van der Waals surface area contributed by atoms with Gasteiger partial charge in [0.15, 0.2) is 0 Å². The molecule has 5 N–H and O–H groups in total. The number of nitrogens with zero attached hydrogens (tertiary/aromatic N) is 1. The zero-order valence-corrected chi connectivity index (χ0v) is 15.8. The van der Waals surface area contributed by atoms with Crippen LogP contribution >= 0.6 is 11.3 Å². The normalized spacial score (nSPS) is 10.3. The molecule has 0 spiro atoms. The molecule has 0 aliphatic carbocycles. The maximum absolute atomic E-state index is 12.5. The van der Waals surface area contributed by atoms with Gasteiger partial charge in [-0.15, -0.1) is 11.3 Å². The molecule has 0 saturated carbocycles. The number of nitrogens with two attached hydrogens (primary N) is 2. The van der Waals surface area contributed by atoms with E-state index < -0.39 is 6.09 Å². The van der Waals surface area contributed by atoms with Gasteiger partial charge < -0.3 is 15.8 Å². The van der Waals surface area contributed by atoms with E-state index in [0.717, 1.165) is 15.4 Å². The number of hydrogen-bond donors (Lipinski definition) is 3. The number of nitrogen functional groups attached to an aromatic ring is 1. The van der Waals surface area contributed by atoms with Gasteiger partial charge >= 0.3 is 6.09 Å². The highest BCUT2D eigenvalue weighted by atomic mass is 32.1. The van der Waals surface area contributed by atoms with E-state index in [1.54, 1.807) is 48.5 Å². The summed E-state index contributed by atoms with van der Waals surface area (Å²) in [6, 6.07) is 17.5. The summed E-state index contributed by atoms with van der Waals surface area (Å²) in [7, 11) is 0. The van der Waals surface area contributed by atoms with Gasteiger partial charge in [-0.3, -0.25) is 4.79 Å². The molecule has 0 fully saturated rings. The van der Waals surface area contributed by atoms with Crippen molar-refractivity contribution in [1.29, 1.82) is 0 Å². The number of hydrazine groups is 1. The molecule has 8 heteroatoms. The Balaban J connectivity index is 1.53. The highest BCUT2D eigenvalue weighted by Crippen LogP contribution is 2.21. The van der Waals surface area contributed by atoms with Gasteiger partial charge in [0.05, 0.1) is 11.4 Å². The Bertz CT molecular complexity index is 942. The number of anilines is 2. The van der Waals surface area contributed by atoms with Crippen LogP contribution in [0.3, 0.4) is 0 Å². The van der Waals surface area contributed by atoms with Crippen LogP contribution in [0.4, 0.5) is 16.2 Å². The average molecular weight is 396 g/mol. The van der Waals surface area contributed by atoms with Gasteiger partial charge in [-0.2, -0.15) is 0 Å². The molecule has 3 aromatic rings. The zero-order chi connectivity index (χ0) is 19.9. The molecule has 2 aromatic carbocycles. The van der Waals surface area contributed by atoms with E-state index >= 15 is 0 Å². The number of benzene rings is 2. The van der Waals surface area contributed by atoms with Crippen molar-refractivity contribution in [3.05, 3.63) is 82.0 Å². The smallest absolute Gasteiger partial charge is 0.407 e. The SMILES string of the molecule is Nc1ccccc1N(N)C(=O)c1ccc(CNC(=O)OCc2cccs2)cc1. The fourth-order valence-corrected chi connectivity index (χ4v) is 3.09. The van der Waals surface area contributed by atoms with E-state index in [1.807, 2.05) is 17.5 Å². The van der Waals surface area contributed by atoms with Crippen LogP contribution < -0.4 is 21.9 Å². The molecule has 7 nitrogen and oxygen atoms in total. The van der Waals surface area contributed by atoms with E-state index in [4.69, 9.17) is 16.3 Å².